The molecule has 0 saturated heterocycles. The number of fused-ring (bicyclic) bond motifs is 1. The van der Waals surface area contributed by atoms with Crippen LogP contribution in [0.4, 0.5) is 5.82 Å². The van der Waals surface area contributed by atoms with E-state index >= 15 is 0 Å². The molecule has 0 fully saturated rings. The van der Waals surface area contributed by atoms with Crippen LogP contribution >= 0.6 is 0 Å². The SMILES string of the molecule is COc1cccc2c(NCc3ccccc3)nc(C)nc12. The first-order valence-corrected chi connectivity index (χ1v) is 6.87. The lowest BCUT2D eigenvalue weighted by atomic mass is 10.2. The average Bonchev–Trinajstić information content (AvgIpc) is 2.53. The number of benzene rings is 2. The fraction of sp³-hybridized carbons (Fsp3) is 0.176. The molecule has 0 spiro atoms. The van der Waals surface area contributed by atoms with Gasteiger partial charge in [-0.2, -0.15) is 0 Å². The Balaban J connectivity index is 1.98. The van der Waals surface area contributed by atoms with Crippen LogP contribution in [0.3, 0.4) is 0 Å². The predicted molar refractivity (Wildman–Crippen MR) is 84.6 cm³/mol. The van der Waals surface area contributed by atoms with Crippen molar-refractivity contribution in [3.05, 3.63) is 59.9 Å². The molecule has 1 aromatic heterocycles. The van der Waals surface area contributed by atoms with Crippen molar-refractivity contribution >= 4 is 16.7 Å². The average molecular weight is 279 g/mol. The Morgan fingerprint density at radius 2 is 1.81 bits per heavy atom. The molecule has 0 unspecified atom stereocenters. The molecule has 0 amide bonds. The van der Waals surface area contributed by atoms with Crippen molar-refractivity contribution in [3.63, 3.8) is 0 Å². The minimum atomic E-state index is 0.725. The predicted octanol–water partition coefficient (Wildman–Crippen LogP) is 3.56. The molecule has 0 aliphatic carbocycles. The quantitative estimate of drug-likeness (QED) is 0.793. The largest absolute Gasteiger partial charge is 0.494 e. The highest BCUT2D eigenvalue weighted by atomic mass is 16.5. The van der Waals surface area contributed by atoms with Crippen LogP contribution in [0.15, 0.2) is 48.5 Å². The van der Waals surface area contributed by atoms with Crippen molar-refractivity contribution in [2.24, 2.45) is 0 Å². The van der Waals surface area contributed by atoms with Gasteiger partial charge < -0.3 is 10.1 Å². The zero-order chi connectivity index (χ0) is 14.7. The summed E-state index contributed by atoms with van der Waals surface area (Å²) in [5.74, 6) is 2.32. The summed E-state index contributed by atoms with van der Waals surface area (Å²) in [6.45, 7) is 2.61. The number of rotatable bonds is 4. The molecule has 0 atom stereocenters. The second kappa shape index (κ2) is 5.79. The maximum absolute atomic E-state index is 5.38. The number of para-hydroxylation sites is 1. The van der Waals surface area contributed by atoms with Crippen molar-refractivity contribution in [2.45, 2.75) is 13.5 Å². The van der Waals surface area contributed by atoms with Gasteiger partial charge in [-0.1, -0.05) is 36.4 Å². The number of aryl methyl sites for hydroxylation is 1. The Labute approximate surface area is 123 Å². The van der Waals surface area contributed by atoms with E-state index in [-0.39, 0.29) is 0 Å². The second-order valence-electron chi connectivity index (χ2n) is 4.82. The third-order valence-corrected chi connectivity index (χ3v) is 3.32. The summed E-state index contributed by atoms with van der Waals surface area (Å²) in [7, 11) is 1.66. The highest BCUT2D eigenvalue weighted by Gasteiger charge is 2.09. The van der Waals surface area contributed by atoms with Crippen LogP contribution < -0.4 is 10.1 Å². The van der Waals surface area contributed by atoms with Crippen molar-refractivity contribution in [1.29, 1.82) is 0 Å². The van der Waals surface area contributed by atoms with Crippen molar-refractivity contribution in [3.8, 4) is 5.75 Å². The third-order valence-electron chi connectivity index (χ3n) is 3.32. The summed E-state index contributed by atoms with van der Waals surface area (Å²) in [5, 5.41) is 4.36. The molecule has 106 valence electrons. The molecule has 2 aromatic carbocycles. The fourth-order valence-corrected chi connectivity index (χ4v) is 2.32. The highest BCUT2D eigenvalue weighted by Crippen LogP contribution is 2.28. The van der Waals surface area contributed by atoms with Crippen LogP contribution in [-0.2, 0) is 6.54 Å². The van der Waals surface area contributed by atoms with Crippen LogP contribution in [0, 0.1) is 6.92 Å². The zero-order valence-electron chi connectivity index (χ0n) is 12.1. The third kappa shape index (κ3) is 2.79. The molecule has 1 N–H and O–H groups in total. The zero-order valence-corrected chi connectivity index (χ0v) is 12.1. The maximum atomic E-state index is 5.38. The minimum absolute atomic E-state index is 0.725. The van der Waals surface area contributed by atoms with Crippen molar-refractivity contribution in [1.82, 2.24) is 9.97 Å². The molecule has 4 nitrogen and oxygen atoms in total. The number of methoxy groups -OCH3 is 1. The van der Waals surface area contributed by atoms with E-state index in [0.717, 1.165) is 34.8 Å². The Hall–Kier alpha value is -2.62. The number of nitrogens with zero attached hydrogens (tertiary/aromatic N) is 2. The van der Waals surface area contributed by atoms with Crippen molar-refractivity contribution in [2.75, 3.05) is 12.4 Å². The van der Waals surface area contributed by atoms with Crippen LogP contribution in [0.25, 0.3) is 10.9 Å². The van der Waals surface area contributed by atoms with E-state index in [1.54, 1.807) is 7.11 Å². The van der Waals surface area contributed by atoms with Crippen LogP contribution in [-0.4, -0.2) is 17.1 Å². The summed E-state index contributed by atoms with van der Waals surface area (Å²) >= 11 is 0. The molecule has 0 saturated carbocycles. The Morgan fingerprint density at radius 1 is 1.00 bits per heavy atom. The lowest BCUT2D eigenvalue weighted by Gasteiger charge is -2.11. The number of nitrogens with one attached hydrogen (secondary N) is 1. The van der Waals surface area contributed by atoms with Gasteiger partial charge in [0.1, 0.15) is 22.9 Å². The number of hydrogen-bond donors (Lipinski definition) is 1. The molecule has 21 heavy (non-hydrogen) atoms. The highest BCUT2D eigenvalue weighted by molar-refractivity contribution is 5.93. The van der Waals surface area contributed by atoms with Gasteiger partial charge >= 0.3 is 0 Å². The minimum Gasteiger partial charge on any atom is -0.494 e. The van der Waals surface area contributed by atoms with Gasteiger partial charge in [0.2, 0.25) is 0 Å². The normalized spacial score (nSPS) is 10.6. The summed E-state index contributed by atoms with van der Waals surface area (Å²) in [6.07, 6.45) is 0. The number of anilines is 1. The smallest absolute Gasteiger partial charge is 0.145 e. The standard InChI is InChI=1S/C17H17N3O/c1-12-19-16-14(9-6-10-15(16)21-2)17(20-12)18-11-13-7-4-3-5-8-13/h3-10H,11H2,1-2H3,(H,18,19,20). The van der Waals surface area contributed by atoms with E-state index in [1.807, 2.05) is 43.3 Å². The van der Waals surface area contributed by atoms with Gasteiger partial charge in [0.15, 0.2) is 0 Å². The van der Waals surface area contributed by atoms with E-state index in [4.69, 9.17) is 4.74 Å². The monoisotopic (exact) mass is 279 g/mol. The molecule has 0 aliphatic heterocycles. The molecule has 1 heterocycles. The van der Waals surface area contributed by atoms with Gasteiger partial charge in [-0.3, -0.25) is 0 Å². The molecular weight excluding hydrogens is 262 g/mol. The van der Waals surface area contributed by atoms with Gasteiger partial charge in [-0.25, -0.2) is 9.97 Å². The lowest BCUT2D eigenvalue weighted by Crippen LogP contribution is -2.04. The summed E-state index contributed by atoms with van der Waals surface area (Å²) in [6, 6.07) is 16.1. The summed E-state index contributed by atoms with van der Waals surface area (Å²) < 4.78 is 5.38. The van der Waals surface area contributed by atoms with Gasteiger partial charge in [-0.05, 0) is 24.6 Å². The van der Waals surface area contributed by atoms with E-state index in [9.17, 15) is 0 Å². The van der Waals surface area contributed by atoms with Gasteiger partial charge in [0.05, 0.1) is 7.11 Å². The molecule has 3 rings (SSSR count). The molecule has 3 aromatic rings. The van der Waals surface area contributed by atoms with Gasteiger partial charge in [-0.15, -0.1) is 0 Å². The number of aromatic nitrogens is 2. The fourth-order valence-electron chi connectivity index (χ4n) is 2.32. The molecule has 0 aliphatic rings. The molecule has 0 bridgehead atoms. The first kappa shape index (κ1) is 13.4. The number of hydrogen-bond acceptors (Lipinski definition) is 4. The first-order chi connectivity index (χ1) is 10.3. The van der Waals surface area contributed by atoms with Crippen molar-refractivity contribution < 1.29 is 4.74 Å². The topological polar surface area (TPSA) is 47.0 Å². The Bertz CT molecular complexity index is 757. The van der Waals surface area contributed by atoms with E-state index < -0.39 is 0 Å². The first-order valence-electron chi connectivity index (χ1n) is 6.87. The lowest BCUT2D eigenvalue weighted by molar-refractivity contribution is 0.419. The van der Waals surface area contributed by atoms with Crippen LogP contribution in [0.5, 0.6) is 5.75 Å². The maximum Gasteiger partial charge on any atom is 0.145 e. The van der Waals surface area contributed by atoms with E-state index in [1.165, 1.54) is 5.56 Å². The Kier molecular flexibility index (Phi) is 3.69. The molecular formula is C17H17N3O. The van der Waals surface area contributed by atoms with Crippen LogP contribution in [0.1, 0.15) is 11.4 Å². The van der Waals surface area contributed by atoms with E-state index in [0.29, 0.717) is 0 Å². The van der Waals surface area contributed by atoms with Gasteiger partial charge in [0.25, 0.3) is 0 Å². The van der Waals surface area contributed by atoms with Crippen LogP contribution in [0.2, 0.25) is 0 Å². The molecule has 4 heteroatoms. The van der Waals surface area contributed by atoms with E-state index in [2.05, 4.69) is 27.4 Å². The Morgan fingerprint density at radius 3 is 2.57 bits per heavy atom. The van der Waals surface area contributed by atoms with Gasteiger partial charge in [0, 0.05) is 11.9 Å². The summed E-state index contributed by atoms with van der Waals surface area (Å²) in [4.78, 5) is 9.00. The summed E-state index contributed by atoms with van der Waals surface area (Å²) in [5.41, 5.74) is 2.05. The molecule has 0 radical (unpaired) electrons. The number of ether oxygens (including phenoxy) is 1. The second-order valence-corrected chi connectivity index (χ2v) is 4.82.